The molecule has 1 unspecified atom stereocenters. The lowest BCUT2D eigenvalue weighted by Gasteiger charge is -2.23. The number of thiophene rings is 1. The molecule has 21 heavy (non-hydrogen) atoms. The number of ether oxygens (including phenoxy) is 2. The number of fused-ring (bicyclic) bond motifs is 1. The lowest BCUT2D eigenvalue weighted by Crippen LogP contribution is -2.20. The van der Waals surface area contributed by atoms with Crippen molar-refractivity contribution in [1.29, 1.82) is 0 Å². The average molecular weight is 409 g/mol. The van der Waals surface area contributed by atoms with Crippen molar-refractivity contribution in [2.75, 3.05) is 20.3 Å². The van der Waals surface area contributed by atoms with Crippen LogP contribution < -0.4 is 14.8 Å². The quantitative estimate of drug-likeness (QED) is 0.783. The van der Waals surface area contributed by atoms with Crippen LogP contribution in [0.1, 0.15) is 17.2 Å². The summed E-state index contributed by atoms with van der Waals surface area (Å²) in [6, 6.07) is 5.71. The van der Waals surface area contributed by atoms with Gasteiger partial charge >= 0.3 is 0 Å². The summed E-state index contributed by atoms with van der Waals surface area (Å²) in [4.78, 5) is 0. The maximum Gasteiger partial charge on any atom is 0.162 e. The Labute approximate surface area is 145 Å². The highest BCUT2D eigenvalue weighted by Gasteiger charge is 2.23. The lowest BCUT2D eigenvalue weighted by molar-refractivity contribution is 0.171. The Bertz CT molecular complexity index is 677. The summed E-state index contributed by atoms with van der Waals surface area (Å²) in [5.74, 6) is 1.50. The average Bonchev–Trinajstić information content (AvgIpc) is 2.79. The van der Waals surface area contributed by atoms with E-state index < -0.39 is 0 Å². The van der Waals surface area contributed by atoms with Gasteiger partial charge in [-0.25, -0.2) is 0 Å². The van der Waals surface area contributed by atoms with Gasteiger partial charge in [-0.1, -0.05) is 39.1 Å². The maximum atomic E-state index is 6.29. The van der Waals surface area contributed by atoms with E-state index in [-0.39, 0.29) is 6.04 Å². The second-order valence-corrected chi connectivity index (χ2v) is 7.66. The third kappa shape index (κ3) is 3.03. The van der Waals surface area contributed by atoms with Gasteiger partial charge < -0.3 is 14.8 Å². The minimum absolute atomic E-state index is 0.0774. The highest BCUT2D eigenvalue weighted by atomic mass is 79.9. The number of halogens is 3. The molecule has 7 heteroatoms. The molecule has 0 amide bonds. The molecule has 1 aromatic heterocycles. The fraction of sp³-hybridized carbons (Fsp3) is 0.286. The van der Waals surface area contributed by atoms with Crippen molar-refractivity contribution in [3.8, 4) is 11.5 Å². The van der Waals surface area contributed by atoms with Crippen LogP contribution in [0.5, 0.6) is 11.5 Å². The summed E-state index contributed by atoms with van der Waals surface area (Å²) in [6.07, 6.45) is 0. The fourth-order valence-corrected chi connectivity index (χ4v) is 4.41. The highest BCUT2D eigenvalue weighted by Crippen LogP contribution is 2.43. The zero-order valence-corrected chi connectivity index (χ0v) is 15.0. The molecule has 0 aliphatic carbocycles. The van der Waals surface area contributed by atoms with E-state index in [4.69, 9.17) is 32.7 Å². The first kappa shape index (κ1) is 15.4. The van der Waals surface area contributed by atoms with E-state index in [1.807, 2.05) is 25.2 Å². The van der Waals surface area contributed by atoms with Crippen molar-refractivity contribution in [3.05, 3.63) is 42.5 Å². The fourth-order valence-electron chi connectivity index (χ4n) is 2.33. The molecule has 0 radical (unpaired) electrons. The van der Waals surface area contributed by atoms with Crippen molar-refractivity contribution in [2.45, 2.75) is 6.04 Å². The van der Waals surface area contributed by atoms with E-state index in [1.54, 1.807) is 0 Å². The standard InChI is InChI=1S/C14H12BrCl2NO2S/c1-18-13(8-5-12(16)21-14(8)17)7-4-10-11(6-9(7)15)20-3-2-19-10/h4-6,13,18H,2-3H2,1H3. The third-order valence-electron chi connectivity index (χ3n) is 3.26. The second kappa shape index (κ2) is 6.34. The first-order valence-electron chi connectivity index (χ1n) is 6.31. The van der Waals surface area contributed by atoms with Gasteiger partial charge in [0.15, 0.2) is 11.5 Å². The number of hydrogen-bond donors (Lipinski definition) is 1. The molecule has 0 spiro atoms. The normalized spacial score (nSPS) is 15.0. The number of hydrogen-bond acceptors (Lipinski definition) is 4. The third-order valence-corrected chi connectivity index (χ3v) is 5.46. The van der Waals surface area contributed by atoms with E-state index in [2.05, 4.69) is 21.2 Å². The van der Waals surface area contributed by atoms with Gasteiger partial charge in [-0.3, -0.25) is 0 Å². The van der Waals surface area contributed by atoms with Gasteiger partial charge in [-0.05, 0) is 30.8 Å². The van der Waals surface area contributed by atoms with E-state index in [9.17, 15) is 0 Å². The molecule has 2 aromatic rings. The molecule has 3 rings (SSSR count). The van der Waals surface area contributed by atoms with Crippen LogP contribution in [0.4, 0.5) is 0 Å². The van der Waals surface area contributed by atoms with Gasteiger partial charge in [-0.15, -0.1) is 11.3 Å². The van der Waals surface area contributed by atoms with Gasteiger partial charge in [0.05, 0.1) is 14.7 Å². The zero-order chi connectivity index (χ0) is 15.0. The van der Waals surface area contributed by atoms with E-state index in [1.165, 1.54) is 11.3 Å². The van der Waals surface area contributed by atoms with Crippen LogP contribution in [0, 0.1) is 0 Å². The molecular weight excluding hydrogens is 397 g/mol. The molecule has 1 aromatic carbocycles. The van der Waals surface area contributed by atoms with Gasteiger partial charge in [0.1, 0.15) is 13.2 Å². The Hall–Kier alpha value is -0.460. The van der Waals surface area contributed by atoms with Crippen LogP contribution in [-0.2, 0) is 0 Å². The Morgan fingerprint density at radius 1 is 1.14 bits per heavy atom. The summed E-state index contributed by atoms with van der Waals surface area (Å²) in [7, 11) is 1.88. The molecule has 0 bridgehead atoms. The molecule has 2 heterocycles. The molecule has 3 nitrogen and oxygen atoms in total. The van der Waals surface area contributed by atoms with Crippen molar-refractivity contribution < 1.29 is 9.47 Å². The Morgan fingerprint density at radius 2 is 1.81 bits per heavy atom. The largest absolute Gasteiger partial charge is 0.486 e. The summed E-state index contributed by atoms with van der Waals surface area (Å²) in [5, 5.41) is 3.27. The molecular formula is C14H12BrCl2NO2S. The first-order chi connectivity index (χ1) is 10.1. The molecule has 112 valence electrons. The predicted octanol–water partition coefficient (Wildman–Crippen LogP) is 4.90. The summed E-state index contributed by atoms with van der Waals surface area (Å²) in [5.41, 5.74) is 1.98. The maximum absolute atomic E-state index is 6.29. The van der Waals surface area contributed by atoms with Gasteiger partial charge in [-0.2, -0.15) is 0 Å². The van der Waals surface area contributed by atoms with Crippen LogP contribution >= 0.6 is 50.5 Å². The van der Waals surface area contributed by atoms with Crippen LogP contribution in [-0.4, -0.2) is 20.3 Å². The molecule has 1 aliphatic rings. The van der Waals surface area contributed by atoms with Gasteiger partial charge in [0.2, 0.25) is 0 Å². The SMILES string of the molecule is CNC(c1cc2c(cc1Br)OCCO2)c1cc(Cl)sc1Cl. The molecule has 0 saturated heterocycles. The number of benzene rings is 1. The lowest BCUT2D eigenvalue weighted by atomic mass is 10.0. The van der Waals surface area contributed by atoms with Crippen molar-refractivity contribution in [2.24, 2.45) is 0 Å². The van der Waals surface area contributed by atoms with E-state index in [0.717, 1.165) is 27.1 Å². The molecule has 1 N–H and O–H groups in total. The van der Waals surface area contributed by atoms with E-state index in [0.29, 0.717) is 21.9 Å². The topological polar surface area (TPSA) is 30.5 Å². The van der Waals surface area contributed by atoms with Gasteiger partial charge in [0.25, 0.3) is 0 Å². The van der Waals surface area contributed by atoms with Crippen LogP contribution in [0.15, 0.2) is 22.7 Å². The summed E-state index contributed by atoms with van der Waals surface area (Å²) >= 11 is 17.3. The molecule has 0 fully saturated rings. The molecule has 0 saturated carbocycles. The van der Waals surface area contributed by atoms with Crippen LogP contribution in [0.2, 0.25) is 8.67 Å². The Kier molecular flexibility index (Phi) is 4.66. The second-order valence-electron chi connectivity index (χ2n) is 4.52. The van der Waals surface area contributed by atoms with E-state index >= 15 is 0 Å². The molecule has 1 aliphatic heterocycles. The first-order valence-corrected chi connectivity index (χ1v) is 8.67. The van der Waals surface area contributed by atoms with Crippen LogP contribution in [0.25, 0.3) is 0 Å². The number of rotatable bonds is 3. The van der Waals surface area contributed by atoms with Crippen molar-refractivity contribution in [3.63, 3.8) is 0 Å². The van der Waals surface area contributed by atoms with Crippen molar-refractivity contribution in [1.82, 2.24) is 5.32 Å². The molecule has 1 atom stereocenters. The number of nitrogens with one attached hydrogen (secondary N) is 1. The zero-order valence-electron chi connectivity index (χ0n) is 11.1. The highest BCUT2D eigenvalue weighted by molar-refractivity contribution is 9.10. The Morgan fingerprint density at radius 3 is 2.38 bits per heavy atom. The summed E-state index contributed by atoms with van der Waals surface area (Å²) < 4.78 is 13.5. The Balaban J connectivity index is 2.06. The van der Waals surface area contributed by atoms with Crippen molar-refractivity contribution >= 4 is 50.5 Å². The minimum Gasteiger partial charge on any atom is -0.486 e. The monoisotopic (exact) mass is 407 g/mol. The smallest absolute Gasteiger partial charge is 0.162 e. The van der Waals surface area contributed by atoms with Crippen LogP contribution in [0.3, 0.4) is 0 Å². The van der Waals surface area contributed by atoms with Gasteiger partial charge in [0, 0.05) is 10.0 Å². The predicted molar refractivity (Wildman–Crippen MR) is 90.4 cm³/mol. The summed E-state index contributed by atoms with van der Waals surface area (Å²) in [6.45, 7) is 1.13. The minimum atomic E-state index is -0.0774.